The van der Waals surface area contributed by atoms with Crippen LogP contribution in [0.2, 0.25) is 5.02 Å². The van der Waals surface area contributed by atoms with E-state index >= 15 is 0 Å². The lowest BCUT2D eigenvalue weighted by molar-refractivity contribution is 0.0698. The van der Waals surface area contributed by atoms with Gasteiger partial charge in [0.15, 0.2) is 0 Å². The number of halogens is 1. The first-order valence-electron chi connectivity index (χ1n) is 6.31. The Balaban J connectivity index is 2.13. The molecule has 2 rings (SSSR count). The first-order chi connectivity index (χ1) is 9.47. The third kappa shape index (κ3) is 3.40. The Labute approximate surface area is 121 Å². The van der Waals surface area contributed by atoms with Crippen LogP contribution in [0.4, 0.5) is 10.5 Å². The quantitative estimate of drug-likeness (QED) is 0.778. The Kier molecular flexibility index (Phi) is 4.46. The summed E-state index contributed by atoms with van der Waals surface area (Å²) < 4.78 is 0. The number of anilines is 1. The molecule has 6 nitrogen and oxygen atoms in total. The molecule has 108 valence electrons. The first-order valence-corrected chi connectivity index (χ1v) is 6.69. The molecule has 1 saturated heterocycles. The first kappa shape index (κ1) is 14.6. The summed E-state index contributed by atoms with van der Waals surface area (Å²) in [5.41, 5.74) is 6.01. The van der Waals surface area contributed by atoms with E-state index in [0.717, 1.165) is 12.8 Å². The number of carboxylic acid groups (broad SMARTS) is 1. The maximum absolute atomic E-state index is 12.1. The summed E-state index contributed by atoms with van der Waals surface area (Å²) in [7, 11) is 0. The normalized spacial score (nSPS) is 18.7. The van der Waals surface area contributed by atoms with Crippen molar-refractivity contribution in [3.63, 3.8) is 0 Å². The molecule has 1 heterocycles. The van der Waals surface area contributed by atoms with Crippen LogP contribution in [-0.2, 0) is 0 Å². The van der Waals surface area contributed by atoms with Crippen molar-refractivity contribution in [1.82, 2.24) is 4.90 Å². The number of rotatable bonds is 2. The van der Waals surface area contributed by atoms with Gasteiger partial charge in [-0.1, -0.05) is 11.6 Å². The molecule has 1 unspecified atom stereocenters. The van der Waals surface area contributed by atoms with Crippen LogP contribution in [0.15, 0.2) is 18.2 Å². The predicted molar refractivity (Wildman–Crippen MR) is 76.2 cm³/mol. The van der Waals surface area contributed by atoms with E-state index in [-0.39, 0.29) is 23.3 Å². The molecule has 1 aromatic carbocycles. The Bertz CT molecular complexity index is 536. The van der Waals surface area contributed by atoms with Crippen molar-refractivity contribution in [3.8, 4) is 0 Å². The molecule has 1 aromatic rings. The zero-order valence-electron chi connectivity index (χ0n) is 10.8. The lowest BCUT2D eigenvalue weighted by Crippen LogP contribution is -2.47. The van der Waals surface area contributed by atoms with E-state index in [4.69, 9.17) is 22.4 Å². The minimum atomic E-state index is -1.14. The Morgan fingerprint density at radius 2 is 2.20 bits per heavy atom. The van der Waals surface area contributed by atoms with Gasteiger partial charge in [0, 0.05) is 24.2 Å². The molecule has 0 bridgehead atoms. The van der Waals surface area contributed by atoms with Crippen molar-refractivity contribution in [2.75, 3.05) is 18.4 Å². The molecule has 4 N–H and O–H groups in total. The number of hydrogen-bond donors (Lipinski definition) is 3. The largest absolute Gasteiger partial charge is 0.478 e. The summed E-state index contributed by atoms with van der Waals surface area (Å²) in [5.74, 6) is -1.14. The number of hydrogen-bond acceptors (Lipinski definition) is 3. The van der Waals surface area contributed by atoms with Crippen LogP contribution in [0.25, 0.3) is 0 Å². The second-order valence-electron chi connectivity index (χ2n) is 4.77. The number of urea groups is 1. The highest BCUT2D eigenvalue weighted by molar-refractivity contribution is 6.31. The van der Waals surface area contributed by atoms with Crippen LogP contribution in [0, 0.1) is 0 Å². The molecule has 0 saturated carbocycles. The smallest absolute Gasteiger partial charge is 0.337 e. The second kappa shape index (κ2) is 6.11. The van der Waals surface area contributed by atoms with Gasteiger partial charge >= 0.3 is 12.0 Å². The van der Waals surface area contributed by atoms with Crippen LogP contribution in [0.3, 0.4) is 0 Å². The number of carbonyl (C=O) groups is 2. The number of piperidine rings is 1. The molecule has 0 spiro atoms. The third-order valence-electron chi connectivity index (χ3n) is 3.20. The number of nitrogens with zero attached hydrogens (tertiary/aromatic N) is 1. The Hall–Kier alpha value is -1.79. The molecule has 0 aliphatic carbocycles. The van der Waals surface area contributed by atoms with Crippen molar-refractivity contribution in [2.45, 2.75) is 18.9 Å². The van der Waals surface area contributed by atoms with Crippen LogP contribution in [0.1, 0.15) is 23.2 Å². The molecule has 1 fully saturated rings. The van der Waals surface area contributed by atoms with Crippen molar-refractivity contribution in [2.24, 2.45) is 5.73 Å². The maximum Gasteiger partial charge on any atom is 0.337 e. The molecule has 1 atom stereocenters. The molecule has 7 heteroatoms. The molecule has 2 amide bonds. The lowest BCUT2D eigenvalue weighted by atomic mass is 10.1. The van der Waals surface area contributed by atoms with Crippen molar-refractivity contribution in [3.05, 3.63) is 28.8 Å². The van der Waals surface area contributed by atoms with Gasteiger partial charge in [-0.05, 0) is 31.0 Å². The number of benzene rings is 1. The summed E-state index contributed by atoms with van der Waals surface area (Å²) >= 11 is 5.76. The monoisotopic (exact) mass is 297 g/mol. The van der Waals surface area contributed by atoms with Crippen LogP contribution >= 0.6 is 11.6 Å². The SMILES string of the molecule is NC1CCCN(C(=O)Nc2ccc(Cl)cc2C(=O)O)C1. The fourth-order valence-electron chi connectivity index (χ4n) is 2.19. The van der Waals surface area contributed by atoms with Gasteiger partial charge in [0.25, 0.3) is 0 Å². The average molecular weight is 298 g/mol. The molecule has 0 radical (unpaired) electrons. The third-order valence-corrected chi connectivity index (χ3v) is 3.43. The minimum Gasteiger partial charge on any atom is -0.478 e. The van der Waals surface area contributed by atoms with Gasteiger partial charge in [0.05, 0.1) is 11.3 Å². The number of nitrogens with one attached hydrogen (secondary N) is 1. The van der Waals surface area contributed by atoms with E-state index in [1.165, 1.54) is 18.2 Å². The standard InChI is InChI=1S/C13H16ClN3O3/c14-8-3-4-11(10(6-8)12(18)19)16-13(20)17-5-1-2-9(15)7-17/h3-4,6,9H,1-2,5,7,15H2,(H,16,20)(H,18,19). The van der Waals surface area contributed by atoms with Gasteiger partial charge in [0.1, 0.15) is 0 Å². The van der Waals surface area contributed by atoms with Crippen LogP contribution in [-0.4, -0.2) is 41.1 Å². The highest BCUT2D eigenvalue weighted by atomic mass is 35.5. The van der Waals surface area contributed by atoms with Gasteiger partial charge in [-0.2, -0.15) is 0 Å². The van der Waals surface area contributed by atoms with Gasteiger partial charge in [-0.3, -0.25) is 0 Å². The molecule has 0 aromatic heterocycles. The molecular weight excluding hydrogens is 282 g/mol. The van der Waals surface area contributed by atoms with Crippen molar-refractivity contribution in [1.29, 1.82) is 0 Å². The number of nitrogens with two attached hydrogens (primary N) is 1. The zero-order chi connectivity index (χ0) is 14.7. The summed E-state index contributed by atoms with van der Waals surface area (Å²) in [5, 5.41) is 12.0. The molecule has 20 heavy (non-hydrogen) atoms. The summed E-state index contributed by atoms with van der Waals surface area (Å²) in [6.07, 6.45) is 1.74. The van der Waals surface area contributed by atoms with E-state index in [9.17, 15) is 9.59 Å². The van der Waals surface area contributed by atoms with Gasteiger partial charge < -0.3 is 21.1 Å². The summed E-state index contributed by atoms with van der Waals surface area (Å²) in [4.78, 5) is 24.8. The fourth-order valence-corrected chi connectivity index (χ4v) is 2.36. The van der Waals surface area contributed by atoms with E-state index in [0.29, 0.717) is 18.1 Å². The van der Waals surface area contributed by atoms with Gasteiger partial charge in [0.2, 0.25) is 0 Å². The van der Waals surface area contributed by atoms with Gasteiger partial charge in [-0.15, -0.1) is 0 Å². The number of likely N-dealkylation sites (tertiary alicyclic amines) is 1. The highest BCUT2D eigenvalue weighted by Gasteiger charge is 2.22. The molecule has 1 aliphatic rings. The van der Waals surface area contributed by atoms with E-state index in [1.807, 2.05) is 0 Å². The number of amides is 2. The average Bonchev–Trinajstić information content (AvgIpc) is 2.40. The van der Waals surface area contributed by atoms with Crippen molar-refractivity contribution < 1.29 is 14.7 Å². The van der Waals surface area contributed by atoms with E-state index in [1.54, 1.807) is 4.90 Å². The van der Waals surface area contributed by atoms with Gasteiger partial charge in [-0.25, -0.2) is 9.59 Å². The Morgan fingerprint density at radius 1 is 1.45 bits per heavy atom. The van der Waals surface area contributed by atoms with E-state index < -0.39 is 5.97 Å². The second-order valence-corrected chi connectivity index (χ2v) is 5.21. The summed E-state index contributed by atoms with van der Waals surface area (Å²) in [6, 6.07) is 3.95. The van der Waals surface area contributed by atoms with E-state index in [2.05, 4.69) is 5.32 Å². The van der Waals surface area contributed by atoms with Crippen LogP contribution in [0.5, 0.6) is 0 Å². The lowest BCUT2D eigenvalue weighted by Gasteiger charge is -2.30. The maximum atomic E-state index is 12.1. The Morgan fingerprint density at radius 3 is 2.85 bits per heavy atom. The van der Waals surface area contributed by atoms with Crippen molar-refractivity contribution >= 4 is 29.3 Å². The zero-order valence-corrected chi connectivity index (χ0v) is 11.6. The number of carboxylic acids is 1. The number of carbonyl (C=O) groups excluding carboxylic acids is 1. The minimum absolute atomic E-state index is 0.0290. The predicted octanol–water partition coefficient (Wildman–Crippen LogP) is 1.99. The topological polar surface area (TPSA) is 95.7 Å². The highest BCUT2D eigenvalue weighted by Crippen LogP contribution is 2.21. The molecular formula is C13H16ClN3O3. The molecule has 1 aliphatic heterocycles. The summed E-state index contributed by atoms with van der Waals surface area (Å²) in [6.45, 7) is 1.09. The fraction of sp³-hybridized carbons (Fsp3) is 0.385. The van der Waals surface area contributed by atoms with Crippen LogP contribution < -0.4 is 11.1 Å². The number of aromatic carboxylic acids is 1.